The molecule has 0 aromatic heterocycles. The van der Waals surface area contributed by atoms with Crippen LogP contribution < -0.4 is 9.47 Å². The Morgan fingerprint density at radius 3 is 2.65 bits per heavy atom. The zero-order valence-electron chi connectivity index (χ0n) is 10.8. The molecule has 0 aliphatic carbocycles. The van der Waals surface area contributed by atoms with Gasteiger partial charge >= 0.3 is 5.97 Å². The van der Waals surface area contributed by atoms with Gasteiger partial charge in [0.05, 0.1) is 6.61 Å². The number of carboxylic acids is 1. The zero-order valence-corrected chi connectivity index (χ0v) is 11.6. The van der Waals surface area contributed by atoms with Crippen LogP contribution in [0.2, 0.25) is 5.02 Å². The third-order valence-corrected chi connectivity index (χ3v) is 2.75. The Morgan fingerprint density at radius 2 is 1.95 bits per heavy atom. The molecule has 0 spiro atoms. The number of carboxylic acid groups (broad SMARTS) is 1. The SMILES string of the molecule is CCOc1cccc(Oc2cc(Cl)ccc2C(=O)O)c1. The Labute approximate surface area is 121 Å². The van der Waals surface area contributed by atoms with Crippen molar-refractivity contribution in [2.75, 3.05) is 6.61 Å². The minimum atomic E-state index is -1.07. The molecule has 0 bridgehead atoms. The van der Waals surface area contributed by atoms with Crippen molar-refractivity contribution in [2.24, 2.45) is 0 Å². The molecule has 0 radical (unpaired) electrons. The van der Waals surface area contributed by atoms with E-state index in [0.717, 1.165) is 0 Å². The number of rotatable bonds is 5. The van der Waals surface area contributed by atoms with Crippen LogP contribution in [0.25, 0.3) is 0 Å². The van der Waals surface area contributed by atoms with Gasteiger partial charge in [-0.25, -0.2) is 4.79 Å². The third kappa shape index (κ3) is 3.42. The van der Waals surface area contributed by atoms with Crippen molar-refractivity contribution in [1.82, 2.24) is 0 Å². The molecule has 0 saturated heterocycles. The minimum absolute atomic E-state index is 0.0520. The number of hydrogen-bond acceptors (Lipinski definition) is 3. The Morgan fingerprint density at radius 1 is 1.20 bits per heavy atom. The summed E-state index contributed by atoms with van der Waals surface area (Å²) in [5.41, 5.74) is 0.0520. The number of carbonyl (C=O) groups is 1. The van der Waals surface area contributed by atoms with Gasteiger partial charge in [-0.05, 0) is 31.2 Å². The molecule has 2 rings (SSSR count). The molecule has 0 atom stereocenters. The van der Waals surface area contributed by atoms with E-state index in [0.29, 0.717) is 23.1 Å². The van der Waals surface area contributed by atoms with Gasteiger partial charge in [-0.15, -0.1) is 0 Å². The van der Waals surface area contributed by atoms with Crippen LogP contribution in [-0.4, -0.2) is 17.7 Å². The summed E-state index contributed by atoms with van der Waals surface area (Å²) in [6, 6.07) is 11.4. The van der Waals surface area contributed by atoms with Crippen LogP contribution in [0.1, 0.15) is 17.3 Å². The van der Waals surface area contributed by atoms with Crippen LogP contribution in [0.4, 0.5) is 0 Å². The van der Waals surface area contributed by atoms with Gasteiger partial charge in [0, 0.05) is 17.2 Å². The maximum absolute atomic E-state index is 11.1. The van der Waals surface area contributed by atoms with Crippen molar-refractivity contribution >= 4 is 17.6 Å². The molecule has 0 unspecified atom stereocenters. The van der Waals surface area contributed by atoms with Gasteiger partial charge in [0.15, 0.2) is 0 Å². The molecule has 0 saturated carbocycles. The molecule has 0 heterocycles. The lowest BCUT2D eigenvalue weighted by Crippen LogP contribution is -2.00. The summed E-state index contributed by atoms with van der Waals surface area (Å²) in [5, 5.41) is 9.53. The molecule has 1 N–H and O–H groups in total. The van der Waals surface area contributed by atoms with Crippen molar-refractivity contribution in [2.45, 2.75) is 6.92 Å². The summed E-state index contributed by atoms with van der Waals surface area (Å²) in [4.78, 5) is 11.1. The standard InChI is InChI=1S/C15H13ClO4/c1-2-19-11-4-3-5-12(9-11)20-14-8-10(16)6-7-13(14)15(17)18/h3-9H,2H2,1H3,(H,17,18). The summed E-state index contributed by atoms with van der Waals surface area (Å²) < 4.78 is 11.0. The second-order valence-electron chi connectivity index (χ2n) is 3.96. The van der Waals surface area contributed by atoms with Gasteiger partial charge in [-0.3, -0.25) is 0 Å². The molecule has 0 amide bonds. The van der Waals surface area contributed by atoms with Crippen molar-refractivity contribution in [3.8, 4) is 17.2 Å². The Hall–Kier alpha value is -2.20. The van der Waals surface area contributed by atoms with Gasteiger partial charge < -0.3 is 14.6 Å². The van der Waals surface area contributed by atoms with Gasteiger partial charge in [0.1, 0.15) is 22.8 Å². The lowest BCUT2D eigenvalue weighted by atomic mass is 10.2. The molecule has 5 heteroatoms. The smallest absolute Gasteiger partial charge is 0.339 e. The average molecular weight is 293 g/mol. The van der Waals surface area contributed by atoms with E-state index in [1.807, 2.05) is 6.92 Å². The molecule has 104 valence electrons. The van der Waals surface area contributed by atoms with Crippen LogP contribution >= 0.6 is 11.6 Å². The number of benzene rings is 2. The molecule has 20 heavy (non-hydrogen) atoms. The van der Waals surface area contributed by atoms with Crippen LogP contribution in [0.3, 0.4) is 0 Å². The van der Waals surface area contributed by atoms with Gasteiger partial charge in [0.25, 0.3) is 0 Å². The molecule has 2 aromatic carbocycles. The monoisotopic (exact) mass is 292 g/mol. The fourth-order valence-electron chi connectivity index (χ4n) is 1.68. The maximum Gasteiger partial charge on any atom is 0.339 e. The van der Waals surface area contributed by atoms with Gasteiger partial charge in [-0.2, -0.15) is 0 Å². The fraction of sp³-hybridized carbons (Fsp3) is 0.133. The summed E-state index contributed by atoms with van der Waals surface area (Å²) in [5.74, 6) is 0.265. The Balaban J connectivity index is 2.31. The highest BCUT2D eigenvalue weighted by Crippen LogP contribution is 2.30. The summed E-state index contributed by atoms with van der Waals surface area (Å²) in [7, 11) is 0. The first kappa shape index (κ1) is 14.2. The minimum Gasteiger partial charge on any atom is -0.494 e. The summed E-state index contributed by atoms with van der Waals surface area (Å²) >= 11 is 5.87. The van der Waals surface area contributed by atoms with Gasteiger partial charge in [0.2, 0.25) is 0 Å². The molecule has 0 aliphatic heterocycles. The number of halogens is 1. The molecule has 0 fully saturated rings. The second kappa shape index (κ2) is 6.30. The number of ether oxygens (including phenoxy) is 2. The van der Waals surface area contributed by atoms with Crippen molar-refractivity contribution in [3.63, 3.8) is 0 Å². The number of aromatic carboxylic acids is 1. The van der Waals surface area contributed by atoms with E-state index in [1.165, 1.54) is 18.2 Å². The normalized spacial score (nSPS) is 10.1. The first-order valence-corrected chi connectivity index (χ1v) is 6.41. The highest BCUT2D eigenvalue weighted by atomic mass is 35.5. The molecular formula is C15H13ClO4. The van der Waals surface area contributed by atoms with E-state index in [1.54, 1.807) is 24.3 Å². The van der Waals surface area contributed by atoms with Crippen LogP contribution in [0.15, 0.2) is 42.5 Å². The van der Waals surface area contributed by atoms with Crippen LogP contribution in [0, 0.1) is 0 Å². The maximum atomic E-state index is 11.1. The first-order valence-electron chi connectivity index (χ1n) is 6.03. The fourth-order valence-corrected chi connectivity index (χ4v) is 1.84. The van der Waals surface area contributed by atoms with E-state index in [9.17, 15) is 4.79 Å². The summed E-state index contributed by atoms with van der Waals surface area (Å²) in [6.07, 6.45) is 0. The predicted molar refractivity (Wildman–Crippen MR) is 76.1 cm³/mol. The van der Waals surface area contributed by atoms with Crippen molar-refractivity contribution in [3.05, 3.63) is 53.1 Å². The zero-order chi connectivity index (χ0) is 14.5. The van der Waals surface area contributed by atoms with Gasteiger partial charge in [-0.1, -0.05) is 17.7 Å². The van der Waals surface area contributed by atoms with Crippen LogP contribution in [-0.2, 0) is 0 Å². The van der Waals surface area contributed by atoms with E-state index in [2.05, 4.69) is 0 Å². The topological polar surface area (TPSA) is 55.8 Å². The molecular weight excluding hydrogens is 280 g/mol. The van der Waals surface area contributed by atoms with E-state index < -0.39 is 5.97 Å². The number of hydrogen-bond donors (Lipinski definition) is 1. The largest absolute Gasteiger partial charge is 0.494 e. The van der Waals surface area contributed by atoms with E-state index >= 15 is 0 Å². The Kier molecular flexibility index (Phi) is 4.48. The summed E-state index contributed by atoms with van der Waals surface area (Å²) in [6.45, 7) is 2.42. The van der Waals surface area contributed by atoms with E-state index in [-0.39, 0.29) is 11.3 Å². The Bertz CT molecular complexity index is 625. The third-order valence-electron chi connectivity index (χ3n) is 2.52. The quantitative estimate of drug-likeness (QED) is 0.896. The lowest BCUT2D eigenvalue weighted by molar-refractivity contribution is 0.0694. The van der Waals surface area contributed by atoms with Crippen molar-refractivity contribution < 1.29 is 19.4 Å². The van der Waals surface area contributed by atoms with E-state index in [4.69, 9.17) is 26.2 Å². The molecule has 4 nitrogen and oxygen atoms in total. The predicted octanol–water partition coefficient (Wildman–Crippen LogP) is 4.23. The van der Waals surface area contributed by atoms with Crippen molar-refractivity contribution in [1.29, 1.82) is 0 Å². The molecule has 2 aromatic rings. The average Bonchev–Trinajstić information content (AvgIpc) is 2.39. The second-order valence-corrected chi connectivity index (χ2v) is 4.39. The highest BCUT2D eigenvalue weighted by molar-refractivity contribution is 6.30. The van der Waals surface area contributed by atoms with Crippen LogP contribution in [0.5, 0.6) is 17.2 Å². The first-order chi connectivity index (χ1) is 9.60. The molecule has 0 aliphatic rings. The lowest BCUT2D eigenvalue weighted by Gasteiger charge is -2.10. The highest BCUT2D eigenvalue weighted by Gasteiger charge is 2.12.